The van der Waals surface area contributed by atoms with Gasteiger partial charge >= 0.3 is 12.5 Å². The van der Waals surface area contributed by atoms with Crippen LogP contribution in [0.25, 0.3) is 6.08 Å². The van der Waals surface area contributed by atoms with Gasteiger partial charge in [-0.3, -0.25) is 0 Å². The Bertz CT molecular complexity index is 691. The molecule has 0 amide bonds. The third kappa shape index (κ3) is 4.60. The van der Waals surface area contributed by atoms with Crippen LogP contribution in [-0.4, -0.2) is 18.6 Å². The largest absolute Gasteiger partial charge is 0.573 e. The van der Waals surface area contributed by atoms with Gasteiger partial charge in [-0.15, -0.1) is 13.2 Å². The standard InChI is InChI=1S/C16H12F6O2/c1-2-3-4-5-10-8-12(24-16(20,21)22)9-11-6-7-13(15(17,18)19)23-14(10)11/h6-9,13H,2-3H2,1H3. The topological polar surface area (TPSA) is 18.5 Å². The maximum Gasteiger partial charge on any atom is 0.573 e. The molecule has 0 radical (unpaired) electrons. The van der Waals surface area contributed by atoms with E-state index in [1.54, 1.807) is 0 Å². The monoisotopic (exact) mass is 350 g/mol. The van der Waals surface area contributed by atoms with Gasteiger partial charge in [0, 0.05) is 12.0 Å². The zero-order valence-corrected chi connectivity index (χ0v) is 12.4. The van der Waals surface area contributed by atoms with Crippen molar-refractivity contribution in [3.8, 4) is 23.3 Å². The number of alkyl halides is 6. The molecule has 0 saturated heterocycles. The average Bonchev–Trinajstić information content (AvgIpc) is 2.44. The Balaban J connectivity index is 2.46. The Morgan fingerprint density at radius 2 is 1.88 bits per heavy atom. The molecule has 1 aromatic rings. The van der Waals surface area contributed by atoms with Crippen LogP contribution in [0.5, 0.6) is 11.5 Å². The van der Waals surface area contributed by atoms with Crippen LogP contribution in [0, 0.1) is 11.8 Å². The van der Waals surface area contributed by atoms with Crippen LogP contribution in [0.2, 0.25) is 0 Å². The van der Waals surface area contributed by atoms with Crippen molar-refractivity contribution in [3.63, 3.8) is 0 Å². The molecule has 0 aromatic heterocycles. The van der Waals surface area contributed by atoms with E-state index in [4.69, 9.17) is 4.74 Å². The Morgan fingerprint density at radius 3 is 2.46 bits per heavy atom. The fraction of sp³-hybridized carbons (Fsp3) is 0.375. The van der Waals surface area contributed by atoms with Gasteiger partial charge in [0.05, 0.1) is 5.56 Å². The first-order valence-corrected chi connectivity index (χ1v) is 6.94. The molecule has 1 aromatic carbocycles. The third-order valence-electron chi connectivity index (χ3n) is 2.94. The molecule has 1 aliphatic heterocycles. The van der Waals surface area contributed by atoms with Crippen LogP contribution in [0.4, 0.5) is 26.3 Å². The first kappa shape index (κ1) is 18.0. The molecular weight excluding hydrogens is 338 g/mol. The number of unbranched alkanes of at least 4 members (excludes halogenated alkanes) is 1. The second kappa shape index (κ2) is 6.67. The molecule has 2 rings (SSSR count). The summed E-state index contributed by atoms with van der Waals surface area (Å²) in [6.45, 7) is 1.84. The maximum absolute atomic E-state index is 12.8. The summed E-state index contributed by atoms with van der Waals surface area (Å²) in [7, 11) is 0. The molecule has 1 atom stereocenters. The van der Waals surface area contributed by atoms with E-state index in [2.05, 4.69) is 16.6 Å². The molecule has 24 heavy (non-hydrogen) atoms. The second-order valence-electron chi connectivity index (χ2n) is 4.93. The molecule has 2 nitrogen and oxygen atoms in total. The van der Waals surface area contributed by atoms with Crippen LogP contribution in [0.1, 0.15) is 30.9 Å². The van der Waals surface area contributed by atoms with Gasteiger partial charge in [-0.05, 0) is 24.6 Å². The van der Waals surface area contributed by atoms with Crippen LogP contribution in [0.3, 0.4) is 0 Å². The molecule has 0 saturated carbocycles. The summed E-state index contributed by atoms with van der Waals surface area (Å²) in [6.07, 6.45) is -8.82. The molecule has 130 valence electrons. The number of hydrogen-bond donors (Lipinski definition) is 0. The van der Waals surface area contributed by atoms with E-state index in [0.29, 0.717) is 12.8 Å². The summed E-state index contributed by atoms with van der Waals surface area (Å²) < 4.78 is 84.2. The van der Waals surface area contributed by atoms with E-state index in [-0.39, 0.29) is 16.9 Å². The molecule has 0 N–H and O–H groups in total. The zero-order chi connectivity index (χ0) is 18.0. The van der Waals surface area contributed by atoms with E-state index in [9.17, 15) is 26.3 Å². The van der Waals surface area contributed by atoms with Crippen LogP contribution < -0.4 is 9.47 Å². The molecule has 8 heteroatoms. The van der Waals surface area contributed by atoms with Crippen LogP contribution in [0.15, 0.2) is 18.2 Å². The molecule has 0 fully saturated rings. The highest BCUT2D eigenvalue weighted by molar-refractivity contribution is 5.68. The Hall–Kier alpha value is -2.30. The van der Waals surface area contributed by atoms with E-state index in [0.717, 1.165) is 24.3 Å². The van der Waals surface area contributed by atoms with Gasteiger partial charge in [0.15, 0.2) is 0 Å². The van der Waals surface area contributed by atoms with Gasteiger partial charge in [0.2, 0.25) is 6.10 Å². The third-order valence-corrected chi connectivity index (χ3v) is 2.94. The number of halogens is 6. The van der Waals surface area contributed by atoms with Crippen molar-refractivity contribution >= 4 is 6.08 Å². The predicted molar refractivity (Wildman–Crippen MR) is 74.4 cm³/mol. The van der Waals surface area contributed by atoms with E-state index in [1.807, 2.05) is 6.92 Å². The first-order chi connectivity index (χ1) is 11.1. The maximum atomic E-state index is 12.8. The molecule has 0 spiro atoms. The van der Waals surface area contributed by atoms with E-state index < -0.39 is 24.4 Å². The summed E-state index contributed by atoms with van der Waals surface area (Å²) in [4.78, 5) is 0. The van der Waals surface area contributed by atoms with Gasteiger partial charge in [-0.2, -0.15) is 13.2 Å². The quantitative estimate of drug-likeness (QED) is 0.547. The molecule has 1 unspecified atom stereocenters. The molecule has 0 bridgehead atoms. The summed E-state index contributed by atoms with van der Waals surface area (Å²) in [5, 5.41) is 0. The Labute approximate surface area is 134 Å². The van der Waals surface area contributed by atoms with E-state index >= 15 is 0 Å². The van der Waals surface area contributed by atoms with Crippen molar-refractivity contribution in [2.24, 2.45) is 0 Å². The van der Waals surface area contributed by atoms with Crippen LogP contribution in [-0.2, 0) is 0 Å². The van der Waals surface area contributed by atoms with Crippen molar-refractivity contribution < 1.29 is 35.8 Å². The summed E-state index contributed by atoms with van der Waals surface area (Å²) >= 11 is 0. The lowest BCUT2D eigenvalue weighted by molar-refractivity contribution is -0.274. The van der Waals surface area contributed by atoms with Gasteiger partial charge in [0.1, 0.15) is 11.5 Å². The van der Waals surface area contributed by atoms with Crippen molar-refractivity contribution in [3.05, 3.63) is 29.3 Å². The minimum Gasteiger partial charge on any atom is -0.475 e. The predicted octanol–water partition coefficient (Wildman–Crippen LogP) is 5.07. The fourth-order valence-electron chi connectivity index (χ4n) is 1.98. The number of ether oxygens (including phenoxy) is 2. The van der Waals surface area contributed by atoms with Gasteiger partial charge < -0.3 is 9.47 Å². The highest BCUT2D eigenvalue weighted by Crippen LogP contribution is 2.38. The average molecular weight is 350 g/mol. The number of fused-ring (bicyclic) bond motifs is 1. The summed E-state index contributed by atoms with van der Waals surface area (Å²) in [5.74, 6) is 4.44. The van der Waals surface area contributed by atoms with Crippen molar-refractivity contribution in [2.75, 3.05) is 0 Å². The number of benzene rings is 1. The summed E-state index contributed by atoms with van der Waals surface area (Å²) in [6, 6.07) is 1.87. The van der Waals surface area contributed by atoms with Crippen molar-refractivity contribution in [1.29, 1.82) is 0 Å². The van der Waals surface area contributed by atoms with Crippen LogP contribution >= 0.6 is 0 Å². The smallest absolute Gasteiger partial charge is 0.475 e. The molecule has 0 aliphatic carbocycles. The number of rotatable bonds is 2. The molecule has 1 heterocycles. The molecular formula is C16H12F6O2. The summed E-state index contributed by atoms with van der Waals surface area (Å²) in [5.41, 5.74) is -0.0446. The number of hydrogen-bond acceptors (Lipinski definition) is 2. The van der Waals surface area contributed by atoms with Crippen molar-refractivity contribution in [1.82, 2.24) is 0 Å². The lowest BCUT2D eigenvalue weighted by Crippen LogP contribution is -2.34. The minimum atomic E-state index is -4.92. The van der Waals surface area contributed by atoms with Crippen molar-refractivity contribution in [2.45, 2.75) is 38.4 Å². The highest BCUT2D eigenvalue weighted by atomic mass is 19.4. The SMILES string of the molecule is CCCC#Cc1cc(OC(F)(F)F)cc2c1OC(C(F)(F)F)C=C2. The van der Waals surface area contributed by atoms with Gasteiger partial charge in [-0.25, -0.2) is 0 Å². The lowest BCUT2D eigenvalue weighted by atomic mass is 10.0. The zero-order valence-electron chi connectivity index (χ0n) is 12.4. The van der Waals surface area contributed by atoms with Gasteiger partial charge in [0.25, 0.3) is 0 Å². The fourth-order valence-corrected chi connectivity index (χ4v) is 1.98. The Kier molecular flexibility index (Phi) is 5.02. The Morgan fingerprint density at radius 1 is 1.17 bits per heavy atom. The second-order valence-corrected chi connectivity index (χ2v) is 4.93. The first-order valence-electron chi connectivity index (χ1n) is 6.94. The highest BCUT2D eigenvalue weighted by Gasteiger charge is 2.42. The molecule has 1 aliphatic rings. The minimum absolute atomic E-state index is 0.0399. The van der Waals surface area contributed by atoms with Gasteiger partial charge in [-0.1, -0.05) is 24.8 Å². The van der Waals surface area contributed by atoms with E-state index in [1.165, 1.54) is 0 Å². The lowest BCUT2D eigenvalue weighted by Gasteiger charge is -2.25. The normalized spacial score (nSPS) is 16.7.